The first-order valence-corrected chi connectivity index (χ1v) is 8.84. The van der Waals surface area contributed by atoms with Crippen LogP contribution < -0.4 is 10.2 Å². The average Bonchev–Trinajstić information content (AvgIpc) is 2.67. The van der Waals surface area contributed by atoms with Crippen molar-refractivity contribution >= 4 is 34.6 Å². The zero-order chi connectivity index (χ0) is 21.2. The molecule has 0 fully saturated rings. The highest BCUT2D eigenvalue weighted by Gasteiger charge is 2.31. The summed E-state index contributed by atoms with van der Waals surface area (Å²) in [6.07, 6.45) is -4.58. The number of hydrogen-bond donors (Lipinski definition) is 2. The van der Waals surface area contributed by atoms with E-state index in [1.165, 1.54) is 24.3 Å². The number of amides is 1. The fourth-order valence-electron chi connectivity index (χ4n) is 2.78. The van der Waals surface area contributed by atoms with Crippen LogP contribution in [0.25, 0.3) is 0 Å². The molecular weight excluding hydrogens is 405 g/mol. The summed E-state index contributed by atoms with van der Waals surface area (Å²) >= 11 is 5.76. The van der Waals surface area contributed by atoms with Crippen molar-refractivity contribution in [2.75, 3.05) is 17.3 Å². The van der Waals surface area contributed by atoms with Crippen molar-refractivity contribution < 1.29 is 23.1 Å². The zero-order valence-electron chi connectivity index (χ0n) is 15.2. The number of benzene rings is 3. The minimum absolute atomic E-state index is 0.0504. The standard InChI is InChI=1S/C21H16ClF3N2O2/c1-27(15-5-3-2-4-6-15)18-10-7-13(21(23,24)25)11-17(18)26-20(29)16-9-8-14(22)12-19(16)28/h2-12,28H,1H3,(H,26,29). The lowest BCUT2D eigenvalue weighted by Crippen LogP contribution is -2.18. The number of hydrogen-bond acceptors (Lipinski definition) is 3. The van der Waals surface area contributed by atoms with Crippen LogP contribution in [0.2, 0.25) is 5.02 Å². The third kappa shape index (κ3) is 4.63. The molecule has 0 spiro atoms. The number of anilines is 3. The van der Waals surface area contributed by atoms with Crippen LogP contribution in [0.3, 0.4) is 0 Å². The predicted octanol–water partition coefficient (Wildman–Crippen LogP) is 6.08. The average molecular weight is 421 g/mol. The number of rotatable bonds is 4. The monoisotopic (exact) mass is 420 g/mol. The summed E-state index contributed by atoms with van der Waals surface area (Å²) in [5, 5.41) is 12.6. The van der Waals surface area contributed by atoms with E-state index in [-0.39, 0.29) is 22.0 Å². The van der Waals surface area contributed by atoms with Crippen LogP contribution in [0.4, 0.5) is 30.2 Å². The van der Waals surface area contributed by atoms with Crippen molar-refractivity contribution in [3.8, 4) is 5.75 Å². The molecule has 4 nitrogen and oxygen atoms in total. The number of alkyl halides is 3. The van der Waals surface area contributed by atoms with Crippen LogP contribution in [0.5, 0.6) is 5.75 Å². The van der Waals surface area contributed by atoms with Crippen LogP contribution in [0.1, 0.15) is 15.9 Å². The molecule has 3 aromatic carbocycles. The Balaban J connectivity index is 2.03. The number of carbonyl (C=O) groups is 1. The summed E-state index contributed by atoms with van der Waals surface area (Å²) in [4.78, 5) is 14.3. The van der Waals surface area contributed by atoms with E-state index in [0.717, 1.165) is 17.8 Å². The Kier molecular flexibility index (Phi) is 5.70. The third-order valence-electron chi connectivity index (χ3n) is 4.28. The molecule has 0 saturated carbocycles. The molecule has 0 saturated heterocycles. The van der Waals surface area contributed by atoms with E-state index in [4.69, 9.17) is 11.6 Å². The molecule has 0 unspecified atom stereocenters. The van der Waals surface area contributed by atoms with Gasteiger partial charge in [-0.25, -0.2) is 0 Å². The van der Waals surface area contributed by atoms with Crippen LogP contribution >= 0.6 is 11.6 Å². The van der Waals surface area contributed by atoms with Gasteiger partial charge in [0.25, 0.3) is 5.91 Å². The number of nitrogens with one attached hydrogen (secondary N) is 1. The van der Waals surface area contributed by atoms with Crippen LogP contribution in [-0.2, 0) is 6.18 Å². The summed E-state index contributed by atoms with van der Waals surface area (Å²) in [5.41, 5.74) is 0.00657. The lowest BCUT2D eigenvalue weighted by Gasteiger charge is -2.24. The van der Waals surface area contributed by atoms with Crippen LogP contribution in [0, 0.1) is 0 Å². The number of nitrogens with zero attached hydrogens (tertiary/aromatic N) is 1. The normalized spacial score (nSPS) is 11.2. The van der Waals surface area contributed by atoms with Crippen molar-refractivity contribution in [3.63, 3.8) is 0 Å². The number of phenols is 1. The smallest absolute Gasteiger partial charge is 0.416 e. The number of phenolic OH excluding ortho intramolecular Hbond substituents is 1. The summed E-state index contributed by atoms with van der Waals surface area (Å²) in [5.74, 6) is -1.14. The van der Waals surface area contributed by atoms with E-state index in [9.17, 15) is 23.1 Å². The number of para-hydroxylation sites is 1. The summed E-state index contributed by atoms with van der Waals surface area (Å²) in [7, 11) is 1.67. The topological polar surface area (TPSA) is 52.6 Å². The molecule has 3 aromatic rings. The van der Waals surface area contributed by atoms with Gasteiger partial charge in [0.05, 0.1) is 22.5 Å². The Bertz CT molecular complexity index is 1040. The van der Waals surface area contributed by atoms with Gasteiger partial charge in [0.15, 0.2) is 0 Å². The fourth-order valence-corrected chi connectivity index (χ4v) is 2.95. The molecule has 3 rings (SSSR count). The lowest BCUT2D eigenvalue weighted by molar-refractivity contribution is -0.137. The van der Waals surface area contributed by atoms with Gasteiger partial charge in [-0.1, -0.05) is 29.8 Å². The maximum Gasteiger partial charge on any atom is 0.416 e. The van der Waals surface area contributed by atoms with Gasteiger partial charge in [-0.05, 0) is 48.5 Å². The van der Waals surface area contributed by atoms with Crippen molar-refractivity contribution in [2.45, 2.75) is 6.18 Å². The van der Waals surface area contributed by atoms with E-state index in [2.05, 4.69) is 5.32 Å². The van der Waals surface area contributed by atoms with Gasteiger partial charge >= 0.3 is 6.18 Å². The Morgan fingerprint density at radius 2 is 1.72 bits per heavy atom. The van der Waals surface area contributed by atoms with Gasteiger partial charge in [0, 0.05) is 17.8 Å². The van der Waals surface area contributed by atoms with Crippen molar-refractivity contribution in [1.29, 1.82) is 0 Å². The second kappa shape index (κ2) is 8.05. The lowest BCUT2D eigenvalue weighted by atomic mass is 10.1. The summed E-state index contributed by atoms with van der Waals surface area (Å²) in [6.45, 7) is 0. The zero-order valence-corrected chi connectivity index (χ0v) is 15.9. The third-order valence-corrected chi connectivity index (χ3v) is 4.52. The van der Waals surface area contributed by atoms with E-state index in [1.807, 2.05) is 6.07 Å². The summed E-state index contributed by atoms with van der Waals surface area (Å²) in [6, 6.07) is 15.9. The van der Waals surface area contributed by atoms with Crippen molar-refractivity contribution in [1.82, 2.24) is 0 Å². The quantitative estimate of drug-likeness (QED) is 0.537. The maximum absolute atomic E-state index is 13.2. The highest BCUT2D eigenvalue weighted by Crippen LogP contribution is 2.37. The van der Waals surface area contributed by atoms with Crippen LogP contribution in [-0.4, -0.2) is 18.1 Å². The maximum atomic E-state index is 13.2. The first-order valence-electron chi connectivity index (χ1n) is 8.46. The molecule has 0 aliphatic carbocycles. The van der Waals surface area contributed by atoms with Gasteiger partial charge in [0.1, 0.15) is 5.75 Å². The first-order chi connectivity index (χ1) is 13.7. The Labute approximate surface area is 170 Å². The molecule has 0 aliphatic rings. The van der Waals surface area contributed by atoms with Crippen molar-refractivity contribution in [3.05, 3.63) is 82.9 Å². The first kappa shape index (κ1) is 20.5. The number of halogens is 4. The van der Waals surface area contributed by atoms with E-state index < -0.39 is 17.6 Å². The largest absolute Gasteiger partial charge is 0.507 e. The van der Waals surface area contributed by atoms with Gasteiger partial charge < -0.3 is 15.3 Å². The fraction of sp³-hybridized carbons (Fsp3) is 0.0952. The number of aromatic hydroxyl groups is 1. The van der Waals surface area contributed by atoms with Gasteiger partial charge in [-0.3, -0.25) is 4.79 Å². The van der Waals surface area contributed by atoms with Crippen molar-refractivity contribution in [2.24, 2.45) is 0 Å². The van der Waals surface area contributed by atoms with E-state index in [1.54, 1.807) is 36.2 Å². The molecule has 0 heterocycles. The molecule has 29 heavy (non-hydrogen) atoms. The Morgan fingerprint density at radius 3 is 2.34 bits per heavy atom. The Morgan fingerprint density at radius 1 is 1.03 bits per heavy atom. The van der Waals surface area contributed by atoms with Crippen LogP contribution in [0.15, 0.2) is 66.7 Å². The molecule has 2 N–H and O–H groups in total. The predicted molar refractivity (Wildman–Crippen MR) is 107 cm³/mol. The molecule has 0 bridgehead atoms. The molecule has 0 aromatic heterocycles. The van der Waals surface area contributed by atoms with Gasteiger partial charge in [0.2, 0.25) is 0 Å². The second-order valence-electron chi connectivity index (χ2n) is 6.24. The molecule has 8 heteroatoms. The molecule has 0 radical (unpaired) electrons. The minimum Gasteiger partial charge on any atom is -0.507 e. The van der Waals surface area contributed by atoms with E-state index >= 15 is 0 Å². The molecule has 1 amide bonds. The van der Waals surface area contributed by atoms with E-state index in [0.29, 0.717) is 5.69 Å². The Hall–Kier alpha value is -3.19. The second-order valence-corrected chi connectivity index (χ2v) is 6.68. The van der Waals surface area contributed by atoms with Gasteiger partial charge in [-0.2, -0.15) is 13.2 Å². The number of carbonyl (C=O) groups excluding carboxylic acids is 1. The molecular formula is C21H16ClF3N2O2. The molecule has 150 valence electrons. The van der Waals surface area contributed by atoms with Gasteiger partial charge in [-0.15, -0.1) is 0 Å². The highest BCUT2D eigenvalue weighted by atomic mass is 35.5. The summed E-state index contributed by atoms with van der Waals surface area (Å²) < 4.78 is 39.6. The highest BCUT2D eigenvalue weighted by molar-refractivity contribution is 6.31. The molecule has 0 aliphatic heterocycles. The molecule has 0 atom stereocenters. The minimum atomic E-state index is -4.58. The SMILES string of the molecule is CN(c1ccccc1)c1ccc(C(F)(F)F)cc1NC(=O)c1ccc(Cl)cc1O.